The molecule has 0 aliphatic heterocycles. The molecule has 3 heteroatoms. The summed E-state index contributed by atoms with van der Waals surface area (Å²) >= 11 is 0. The van der Waals surface area contributed by atoms with Crippen LogP contribution in [0.3, 0.4) is 0 Å². The van der Waals surface area contributed by atoms with Crippen LogP contribution in [0.4, 0.5) is 0 Å². The monoisotopic (exact) mass is 289 g/mol. The summed E-state index contributed by atoms with van der Waals surface area (Å²) in [6.45, 7) is 2.81. The summed E-state index contributed by atoms with van der Waals surface area (Å²) in [5.41, 5.74) is 2.10. The minimum absolute atomic E-state index is 0.104. The summed E-state index contributed by atoms with van der Waals surface area (Å²) < 4.78 is 5.29. The zero-order chi connectivity index (χ0) is 15.1. The topological polar surface area (TPSA) is 38.3 Å². The van der Waals surface area contributed by atoms with Gasteiger partial charge in [-0.1, -0.05) is 37.8 Å². The quantitative estimate of drug-likeness (QED) is 0.778. The first kappa shape index (κ1) is 15.9. The summed E-state index contributed by atoms with van der Waals surface area (Å²) in [6.07, 6.45) is 8.36. The van der Waals surface area contributed by atoms with Crippen molar-refractivity contribution in [1.82, 2.24) is 5.32 Å². The van der Waals surface area contributed by atoms with Crippen LogP contribution in [0.5, 0.6) is 5.75 Å². The number of aryl methyl sites for hydroxylation is 1. The van der Waals surface area contributed by atoms with Gasteiger partial charge < -0.3 is 10.1 Å². The van der Waals surface area contributed by atoms with Gasteiger partial charge in [-0.3, -0.25) is 4.79 Å². The first-order valence-electron chi connectivity index (χ1n) is 8.09. The molecule has 1 fully saturated rings. The zero-order valence-corrected chi connectivity index (χ0v) is 13.3. The molecule has 0 saturated heterocycles. The Bertz CT molecular complexity index is 464. The lowest BCUT2D eigenvalue weighted by Crippen LogP contribution is -2.26. The molecule has 0 unspecified atom stereocenters. The lowest BCUT2D eigenvalue weighted by atomic mass is 10.0. The minimum Gasteiger partial charge on any atom is -0.496 e. The molecule has 0 spiro atoms. The molecule has 1 aliphatic rings. The van der Waals surface area contributed by atoms with E-state index in [1.807, 2.05) is 25.1 Å². The summed E-state index contributed by atoms with van der Waals surface area (Å²) in [5, 5.41) is 3.03. The van der Waals surface area contributed by atoms with Crippen molar-refractivity contribution >= 4 is 5.91 Å². The van der Waals surface area contributed by atoms with Gasteiger partial charge in [0.1, 0.15) is 5.75 Å². The molecule has 0 heterocycles. The van der Waals surface area contributed by atoms with Crippen molar-refractivity contribution < 1.29 is 9.53 Å². The van der Waals surface area contributed by atoms with Crippen molar-refractivity contribution in [2.75, 3.05) is 13.7 Å². The highest BCUT2D eigenvalue weighted by molar-refractivity contribution is 5.78. The van der Waals surface area contributed by atoms with Crippen LogP contribution in [-0.4, -0.2) is 19.6 Å². The Hall–Kier alpha value is -1.51. The number of hydrogen-bond acceptors (Lipinski definition) is 2. The molecular formula is C18H27NO2. The van der Waals surface area contributed by atoms with Gasteiger partial charge in [-0.05, 0) is 42.9 Å². The smallest absolute Gasteiger partial charge is 0.224 e. The molecule has 0 bridgehead atoms. The lowest BCUT2D eigenvalue weighted by molar-refractivity contribution is -0.120. The van der Waals surface area contributed by atoms with Gasteiger partial charge >= 0.3 is 0 Å². The van der Waals surface area contributed by atoms with Crippen LogP contribution in [0, 0.1) is 12.8 Å². The van der Waals surface area contributed by atoms with Gasteiger partial charge in [0, 0.05) is 6.54 Å². The summed E-state index contributed by atoms with van der Waals surface area (Å²) in [7, 11) is 1.66. The molecule has 3 nitrogen and oxygen atoms in total. The number of hydrogen-bond donors (Lipinski definition) is 1. The normalized spacial score (nSPS) is 15.1. The van der Waals surface area contributed by atoms with Crippen LogP contribution in [0.15, 0.2) is 18.2 Å². The molecule has 1 aliphatic carbocycles. The number of rotatable bonds is 7. The Morgan fingerprint density at radius 1 is 1.33 bits per heavy atom. The maximum Gasteiger partial charge on any atom is 0.224 e. The number of carbonyl (C=O) groups excluding carboxylic acids is 1. The number of methoxy groups -OCH3 is 1. The van der Waals surface area contributed by atoms with Gasteiger partial charge in [-0.15, -0.1) is 0 Å². The van der Waals surface area contributed by atoms with Crippen LogP contribution in [-0.2, 0) is 11.2 Å². The number of nitrogens with one attached hydrogen (secondary N) is 1. The average Bonchev–Trinajstić information content (AvgIpc) is 2.99. The van der Waals surface area contributed by atoms with Crippen LogP contribution in [0.1, 0.15) is 49.7 Å². The van der Waals surface area contributed by atoms with Crippen molar-refractivity contribution in [2.45, 2.75) is 51.9 Å². The molecule has 0 atom stereocenters. The third-order valence-electron chi connectivity index (χ3n) is 4.42. The molecule has 1 aromatic rings. The predicted octanol–water partition coefficient (Wildman–Crippen LogP) is 3.63. The van der Waals surface area contributed by atoms with E-state index in [0.717, 1.165) is 35.8 Å². The van der Waals surface area contributed by atoms with Crippen molar-refractivity contribution in [1.29, 1.82) is 0 Å². The van der Waals surface area contributed by atoms with Crippen molar-refractivity contribution in [3.63, 3.8) is 0 Å². The Labute approximate surface area is 128 Å². The first-order chi connectivity index (χ1) is 10.2. The summed E-state index contributed by atoms with van der Waals surface area (Å²) in [6, 6.07) is 5.95. The van der Waals surface area contributed by atoms with Gasteiger partial charge in [0.05, 0.1) is 13.5 Å². The molecule has 0 radical (unpaired) electrons. The number of amides is 1. The third kappa shape index (κ3) is 5.07. The highest BCUT2D eigenvalue weighted by Gasteiger charge is 2.14. The van der Waals surface area contributed by atoms with Gasteiger partial charge in [0.15, 0.2) is 0 Å². The summed E-state index contributed by atoms with van der Waals surface area (Å²) in [4.78, 5) is 11.9. The second kappa shape index (κ2) is 8.06. The maximum atomic E-state index is 11.9. The van der Waals surface area contributed by atoms with Gasteiger partial charge in [-0.2, -0.15) is 0 Å². The molecule has 1 saturated carbocycles. The van der Waals surface area contributed by atoms with E-state index in [0.29, 0.717) is 6.42 Å². The average molecular weight is 289 g/mol. The maximum absolute atomic E-state index is 11.9. The van der Waals surface area contributed by atoms with Gasteiger partial charge in [-0.25, -0.2) is 0 Å². The minimum atomic E-state index is 0.104. The zero-order valence-electron chi connectivity index (χ0n) is 13.3. The van der Waals surface area contributed by atoms with E-state index in [9.17, 15) is 4.79 Å². The molecule has 116 valence electrons. The molecule has 2 rings (SSSR count). The van der Waals surface area contributed by atoms with Crippen molar-refractivity contribution in [2.24, 2.45) is 5.92 Å². The highest BCUT2D eigenvalue weighted by Crippen LogP contribution is 2.28. The Morgan fingerprint density at radius 3 is 2.81 bits per heavy atom. The summed E-state index contributed by atoms with van der Waals surface area (Å²) in [5.74, 6) is 1.86. The molecular weight excluding hydrogens is 262 g/mol. The number of carbonyl (C=O) groups is 1. The van der Waals surface area contributed by atoms with E-state index in [2.05, 4.69) is 5.32 Å². The van der Waals surface area contributed by atoms with Crippen LogP contribution in [0.25, 0.3) is 0 Å². The Morgan fingerprint density at radius 2 is 2.10 bits per heavy atom. The third-order valence-corrected chi connectivity index (χ3v) is 4.42. The van der Waals surface area contributed by atoms with Crippen LogP contribution in [0.2, 0.25) is 0 Å². The predicted molar refractivity (Wildman–Crippen MR) is 85.6 cm³/mol. The standard InChI is InChI=1S/C18H27NO2/c1-14-9-10-16(12-17(14)21-2)13-18(20)19-11-5-8-15-6-3-4-7-15/h9-10,12,15H,3-8,11,13H2,1-2H3,(H,19,20). The molecule has 1 amide bonds. The molecule has 1 N–H and O–H groups in total. The fraction of sp³-hybridized carbons (Fsp3) is 0.611. The Kier molecular flexibility index (Phi) is 6.09. The van der Waals surface area contributed by atoms with E-state index in [-0.39, 0.29) is 5.91 Å². The van der Waals surface area contributed by atoms with Crippen LogP contribution < -0.4 is 10.1 Å². The lowest BCUT2D eigenvalue weighted by Gasteiger charge is -2.10. The highest BCUT2D eigenvalue weighted by atomic mass is 16.5. The van der Waals surface area contributed by atoms with E-state index in [4.69, 9.17) is 4.74 Å². The van der Waals surface area contributed by atoms with Gasteiger partial charge in [0.25, 0.3) is 0 Å². The number of benzene rings is 1. The van der Waals surface area contributed by atoms with Crippen LogP contribution >= 0.6 is 0 Å². The second-order valence-corrected chi connectivity index (χ2v) is 6.12. The van der Waals surface area contributed by atoms with Crippen molar-refractivity contribution in [3.05, 3.63) is 29.3 Å². The van der Waals surface area contributed by atoms with Gasteiger partial charge in [0.2, 0.25) is 5.91 Å². The van der Waals surface area contributed by atoms with E-state index >= 15 is 0 Å². The second-order valence-electron chi connectivity index (χ2n) is 6.12. The fourth-order valence-corrected chi connectivity index (χ4v) is 3.14. The number of ether oxygens (including phenoxy) is 1. The first-order valence-corrected chi connectivity index (χ1v) is 8.09. The van der Waals surface area contributed by atoms with E-state index in [1.54, 1.807) is 7.11 Å². The largest absolute Gasteiger partial charge is 0.496 e. The fourth-order valence-electron chi connectivity index (χ4n) is 3.14. The molecule has 1 aromatic carbocycles. The Balaban J connectivity index is 1.69. The van der Waals surface area contributed by atoms with E-state index < -0.39 is 0 Å². The molecule has 21 heavy (non-hydrogen) atoms. The SMILES string of the molecule is COc1cc(CC(=O)NCCCC2CCCC2)ccc1C. The molecule has 0 aromatic heterocycles. The van der Waals surface area contributed by atoms with E-state index in [1.165, 1.54) is 32.1 Å². The van der Waals surface area contributed by atoms with Crippen molar-refractivity contribution in [3.8, 4) is 5.75 Å².